The van der Waals surface area contributed by atoms with E-state index in [-0.39, 0.29) is 27.7 Å². The second kappa shape index (κ2) is 8.19. The Balaban J connectivity index is 2.09. The molecule has 0 aliphatic heterocycles. The van der Waals surface area contributed by atoms with Crippen LogP contribution in [-0.2, 0) is 6.18 Å². The predicted octanol–water partition coefficient (Wildman–Crippen LogP) is 4.46. The number of hydrogen-bond donors (Lipinski definition) is 2. The highest BCUT2D eigenvalue weighted by molar-refractivity contribution is 6.31. The molecule has 0 unspecified atom stereocenters. The molecule has 1 heterocycles. The number of amides is 2. The third-order valence-electron chi connectivity index (χ3n) is 4.24. The van der Waals surface area contributed by atoms with E-state index in [0.717, 1.165) is 4.68 Å². The third-order valence-corrected chi connectivity index (χ3v) is 4.46. The van der Waals surface area contributed by atoms with Crippen LogP contribution in [0.15, 0.2) is 48.5 Å². The van der Waals surface area contributed by atoms with E-state index in [1.54, 1.807) is 25.1 Å². The van der Waals surface area contributed by atoms with E-state index in [4.69, 9.17) is 11.6 Å². The number of nitrogens with zero attached hydrogens (tertiary/aromatic N) is 2. The number of rotatable bonds is 4. The molecular formula is C20H16ClF3N4O2. The van der Waals surface area contributed by atoms with Crippen molar-refractivity contribution in [1.82, 2.24) is 15.1 Å². The Morgan fingerprint density at radius 2 is 1.73 bits per heavy atom. The highest BCUT2D eigenvalue weighted by Crippen LogP contribution is 2.31. The molecule has 0 fully saturated rings. The minimum atomic E-state index is -4.74. The zero-order valence-corrected chi connectivity index (χ0v) is 16.6. The van der Waals surface area contributed by atoms with Crippen molar-refractivity contribution in [3.05, 3.63) is 76.1 Å². The number of aromatic nitrogens is 2. The number of aryl methyl sites for hydroxylation is 1. The zero-order valence-electron chi connectivity index (χ0n) is 15.8. The van der Waals surface area contributed by atoms with Gasteiger partial charge in [-0.15, -0.1) is 0 Å². The molecule has 0 aliphatic rings. The maximum Gasteiger partial charge on any atom is 0.435 e. The summed E-state index contributed by atoms with van der Waals surface area (Å²) in [5.41, 5.74) is -0.592. The maximum absolute atomic E-state index is 13.2. The van der Waals surface area contributed by atoms with Crippen molar-refractivity contribution in [2.24, 2.45) is 0 Å². The summed E-state index contributed by atoms with van der Waals surface area (Å²) in [7, 11) is 1.41. The van der Waals surface area contributed by atoms with E-state index < -0.39 is 23.7 Å². The minimum absolute atomic E-state index is 0.0812. The molecule has 0 atom stereocenters. The highest BCUT2D eigenvalue weighted by Gasteiger charge is 2.36. The second-order valence-electron chi connectivity index (χ2n) is 6.34. The summed E-state index contributed by atoms with van der Waals surface area (Å²) >= 11 is 6.00. The molecule has 2 N–H and O–H groups in total. The molecule has 0 saturated heterocycles. The average Bonchev–Trinajstić information content (AvgIpc) is 3.16. The molecule has 0 spiro atoms. The first-order valence-electron chi connectivity index (χ1n) is 8.68. The fraction of sp³-hybridized carbons (Fsp3) is 0.150. The van der Waals surface area contributed by atoms with E-state index in [1.165, 1.54) is 31.3 Å². The lowest BCUT2D eigenvalue weighted by Crippen LogP contribution is -2.23. The van der Waals surface area contributed by atoms with E-state index in [9.17, 15) is 22.8 Å². The average molecular weight is 437 g/mol. The summed E-state index contributed by atoms with van der Waals surface area (Å²) in [5, 5.41) is 8.79. The van der Waals surface area contributed by atoms with Gasteiger partial charge in [0.05, 0.1) is 16.9 Å². The van der Waals surface area contributed by atoms with Gasteiger partial charge in [-0.2, -0.15) is 18.3 Å². The Morgan fingerprint density at radius 1 is 1.07 bits per heavy atom. The lowest BCUT2D eigenvalue weighted by atomic mass is 10.1. The summed E-state index contributed by atoms with van der Waals surface area (Å²) in [6.45, 7) is 1.61. The van der Waals surface area contributed by atoms with Crippen LogP contribution in [0.5, 0.6) is 0 Å². The van der Waals surface area contributed by atoms with Crippen molar-refractivity contribution in [2.75, 3.05) is 12.4 Å². The van der Waals surface area contributed by atoms with Gasteiger partial charge in [0.25, 0.3) is 11.8 Å². The molecule has 0 aliphatic carbocycles. The molecule has 156 valence electrons. The molecule has 0 bridgehead atoms. The Labute approximate surface area is 174 Å². The summed E-state index contributed by atoms with van der Waals surface area (Å²) in [5.74, 6) is -1.37. The minimum Gasteiger partial charge on any atom is -0.355 e. The fourth-order valence-corrected chi connectivity index (χ4v) is 3.12. The van der Waals surface area contributed by atoms with Crippen LogP contribution in [0.3, 0.4) is 0 Å². The summed E-state index contributed by atoms with van der Waals surface area (Å²) in [6.07, 6.45) is -4.74. The van der Waals surface area contributed by atoms with Crippen molar-refractivity contribution >= 4 is 29.1 Å². The van der Waals surface area contributed by atoms with Crippen LogP contribution < -0.4 is 10.6 Å². The van der Waals surface area contributed by atoms with Gasteiger partial charge in [-0.25, -0.2) is 4.68 Å². The Hall–Kier alpha value is -3.33. The highest BCUT2D eigenvalue weighted by atomic mass is 35.5. The quantitative estimate of drug-likeness (QED) is 0.633. The third kappa shape index (κ3) is 4.30. The van der Waals surface area contributed by atoms with Crippen molar-refractivity contribution in [2.45, 2.75) is 13.1 Å². The Bertz CT molecular complexity index is 1110. The Kier molecular flexibility index (Phi) is 5.84. The van der Waals surface area contributed by atoms with E-state index in [0.29, 0.717) is 11.6 Å². The van der Waals surface area contributed by atoms with Gasteiger partial charge >= 0.3 is 6.18 Å². The van der Waals surface area contributed by atoms with E-state index >= 15 is 0 Å². The number of carbonyl (C=O) groups excluding carboxylic acids is 2. The molecule has 3 rings (SSSR count). The standard InChI is InChI=1S/C20H16ClF3N4O2/c1-11-8-12(21)9-14(18(29)25-2)17(11)26-19(30)15-10-16(20(22,23)24)27-28(15)13-6-4-3-5-7-13/h3-10H,1-2H3,(H,25,29)(H,26,30). The van der Waals surface area contributed by atoms with Crippen LogP contribution in [0.25, 0.3) is 5.69 Å². The number of hydrogen-bond acceptors (Lipinski definition) is 3. The Morgan fingerprint density at radius 3 is 2.33 bits per heavy atom. The largest absolute Gasteiger partial charge is 0.435 e. The lowest BCUT2D eigenvalue weighted by Gasteiger charge is -2.14. The summed E-state index contributed by atoms with van der Waals surface area (Å²) < 4.78 is 40.6. The number of anilines is 1. The van der Waals surface area contributed by atoms with E-state index in [2.05, 4.69) is 15.7 Å². The van der Waals surface area contributed by atoms with Gasteiger partial charge < -0.3 is 10.6 Å². The van der Waals surface area contributed by atoms with Gasteiger partial charge in [0, 0.05) is 18.1 Å². The maximum atomic E-state index is 13.2. The van der Waals surface area contributed by atoms with Crippen LogP contribution in [0.4, 0.5) is 18.9 Å². The molecule has 0 saturated carbocycles. The molecule has 0 radical (unpaired) electrons. The van der Waals surface area contributed by atoms with Gasteiger partial charge in [-0.1, -0.05) is 29.8 Å². The smallest absolute Gasteiger partial charge is 0.355 e. The van der Waals surface area contributed by atoms with Gasteiger partial charge in [-0.3, -0.25) is 9.59 Å². The molecule has 3 aromatic rings. The molecular weight excluding hydrogens is 421 g/mol. The second-order valence-corrected chi connectivity index (χ2v) is 6.77. The van der Waals surface area contributed by atoms with Crippen LogP contribution in [0.1, 0.15) is 32.1 Å². The zero-order chi connectivity index (χ0) is 22.1. The molecule has 6 nitrogen and oxygen atoms in total. The number of nitrogens with one attached hydrogen (secondary N) is 2. The van der Waals surface area contributed by atoms with Gasteiger partial charge in [-0.05, 0) is 36.8 Å². The van der Waals surface area contributed by atoms with Crippen LogP contribution in [0.2, 0.25) is 5.02 Å². The van der Waals surface area contributed by atoms with Gasteiger partial charge in [0.2, 0.25) is 0 Å². The molecule has 2 amide bonds. The number of para-hydroxylation sites is 1. The van der Waals surface area contributed by atoms with Crippen LogP contribution >= 0.6 is 11.6 Å². The van der Waals surface area contributed by atoms with Crippen molar-refractivity contribution < 1.29 is 22.8 Å². The first-order valence-corrected chi connectivity index (χ1v) is 9.06. The monoisotopic (exact) mass is 436 g/mol. The van der Waals surface area contributed by atoms with Crippen LogP contribution in [-0.4, -0.2) is 28.6 Å². The number of carbonyl (C=O) groups is 2. The van der Waals surface area contributed by atoms with Crippen molar-refractivity contribution in [3.8, 4) is 5.69 Å². The van der Waals surface area contributed by atoms with Crippen LogP contribution in [0, 0.1) is 6.92 Å². The molecule has 30 heavy (non-hydrogen) atoms. The van der Waals surface area contributed by atoms with E-state index in [1.807, 2.05) is 0 Å². The van der Waals surface area contributed by atoms with Crippen molar-refractivity contribution in [3.63, 3.8) is 0 Å². The fourth-order valence-electron chi connectivity index (χ4n) is 2.85. The molecule has 10 heteroatoms. The van der Waals surface area contributed by atoms with Crippen molar-refractivity contribution in [1.29, 1.82) is 0 Å². The SMILES string of the molecule is CNC(=O)c1cc(Cl)cc(C)c1NC(=O)c1cc(C(F)(F)F)nn1-c1ccccc1. The first kappa shape index (κ1) is 21.4. The summed E-state index contributed by atoms with van der Waals surface area (Å²) in [6, 6.07) is 11.5. The summed E-state index contributed by atoms with van der Waals surface area (Å²) in [4.78, 5) is 25.1. The molecule has 2 aromatic carbocycles. The number of halogens is 4. The van der Waals surface area contributed by atoms with Gasteiger partial charge in [0.15, 0.2) is 5.69 Å². The number of alkyl halides is 3. The topological polar surface area (TPSA) is 76.0 Å². The lowest BCUT2D eigenvalue weighted by molar-refractivity contribution is -0.141. The molecule has 1 aromatic heterocycles. The number of benzene rings is 2. The normalized spacial score (nSPS) is 11.3. The predicted molar refractivity (Wildman–Crippen MR) is 106 cm³/mol. The first-order chi connectivity index (χ1) is 14.1. The van der Waals surface area contributed by atoms with Gasteiger partial charge in [0.1, 0.15) is 5.69 Å².